The van der Waals surface area contributed by atoms with Gasteiger partial charge < -0.3 is 15.5 Å². The maximum Gasteiger partial charge on any atom is 0.0972 e. The van der Waals surface area contributed by atoms with E-state index in [1.54, 1.807) is 6.92 Å². The second-order valence-corrected chi connectivity index (χ2v) is 4.21. The quantitative estimate of drug-likeness (QED) is 0.578. The Hall–Kier alpha value is -0.120. The summed E-state index contributed by atoms with van der Waals surface area (Å²) in [4.78, 5) is 0. The monoisotopic (exact) mass is 189 g/mol. The van der Waals surface area contributed by atoms with Gasteiger partial charge in [-0.05, 0) is 19.8 Å². The zero-order valence-electron chi connectivity index (χ0n) is 9.17. The highest BCUT2D eigenvalue weighted by Gasteiger charge is 2.20. The number of hydrogen-bond donors (Lipinski definition) is 3. The molecular formula is C10H23NO2. The van der Waals surface area contributed by atoms with Gasteiger partial charge in [-0.15, -0.1) is 0 Å². The number of aliphatic hydroxyl groups is 2. The van der Waals surface area contributed by atoms with E-state index in [1.165, 1.54) is 0 Å². The predicted octanol–water partition coefficient (Wildman–Crippen LogP) is 0.754. The lowest BCUT2D eigenvalue weighted by molar-refractivity contribution is -0.0000664. The van der Waals surface area contributed by atoms with Crippen LogP contribution in [0.2, 0.25) is 0 Å². The van der Waals surface area contributed by atoms with Crippen molar-refractivity contribution < 1.29 is 10.2 Å². The van der Waals surface area contributed by atoms with Crippen LogP contribution >= 0.6 is 0 Å². The fraction of sp³-hybridized carbons (Fsp3) is 1.00. The van der Waals surface area contributed by atoms with E-state index in [1.807, 2.05) is 0 Å². The maximum atomic E-state index is 9.51. The van der Waals surface area contributed by atoms with Crippen LogP contribution in [0.1, 0.15) is 34.1 Å². The van der Waals surface area contributed by atoms with Crippen LogP contribution in [0.15, 0.2) is 0 Å². The summed E-state index contributed by atoms with van der Waals surface area (Å²) in [7, 11) is 0. The number of aliphatic hydroxyl groups excluding tert-OH is 1. The summed E-state index contributed by atoms with van der Waals surface area (Å²) in [6.07, 6.45) is 1.12. The number of hydrogen-bond acceptors (Lipinski definition) is 3. The molecule has 0 aromatic heterocycles. The zero-order valence-corrected chi connectivity index (χ0v) is 9.17. The van der Waals surface area contributed by atoms with Gasteiger partial charge in [-0.1, -0.05) is 20.3 Å². The van der Waals surface area contributed by atoms with Crippen molar-refractivity contribution in [3.8, 4) is 0 Å². The molecule has 80 valence electrons. The molecule has 3 atom stereocenters. The molecule has 13 heavy (non-hydrogen) atoms. The molecular weight excluding hydrogens is 166 g/mol. The van der Waals surface area contributed by atoms with E-state index < -0.39 is 5.60 Å². The van der Waals surface area contributed by atoms with E-state index in [4.69, 9.17) is 5.11 Å². The first kappa shape index (κ1) is 12.9. The van der Waals surface area contributed by atoms with Crippen LogP contribution in [0.5, 0.6) is 0 Å². The van der Waals surface area contributed by atoms with Gasteiger partial charge in [-0.3, -0.25) is 0 Å². The van der Waals surface area contributed by atoms with Gasteiger partial charge in [0.05, 0.1) is 12.2 Å². The standard InChI is InChI=1S/C10H23NO2/c1-5-8(2)9(3)11-6-10(4,13)7-12/h8-9,11-13H,5-7H2,1-4H3. The van der Waals surface area contributed by atoms with E-state index in [-0.39, 0.29) is 6.61 Å². The van der Waals surface area contributed by atoms with Crippen LogP contribution in [0.4, 0.5) is 0 Å². The molecule has 3 N–H and O–H groups in total. The van der Waals surface area contributed by atoms with Crippen molar-refractivity contribution in [2.75, 3.05) is 13.2 Å². The lowest BCUT2D eigenvalue weighted by atomic mass is 9.99. The third kappa shape index (κ3) is 5.24. The molecule has 0 aliphatic rings. The van der Waals surface area contributed by atoms with Crippen molar-refractivity contribution in [3.05, 3.63) is 0 Å². The smallest absolute Gasteiger partial charge is 0.0972 e. The fourth-order valence-electron chi connectivity index (χ4n) is 0.992. The molecule has 0 amide bonds. The van der Waals surface area contributed by atoms with Gasteiger partial charge in [-0.25, -0.2) is 0 Å². The normalized spacial score (nSPS) is 20.8. The van der Waals surface area contributed by atoms with E-state index in [2.05, 4.69) is 26.1 Å². The zero-order chi connectivity index (χ0) is 10.5. The Labute approximate surface area is 81.2 Å². The molecule has 0 radical (unpaired) electrons. The SMILES string of the molecule is CCC(C)C(C)NCC(C)(O)CO. The summed E-state index contributed by atoms with van der Waals surface area (Å²) in [6, 6.07) is 0.378. The topological polar surface area (TPSA) is 52.5 Å². The maximum absolute atomic E-state index is 9.51. The molecule has 0 spiro atoms. The average Bonchev–Trinajstić information content (AvgIpc) is 2.13. The van der Waals surface area contributed by atoms with Crippen LogP contribution in [0.3, 0.4) is 0 Å². The molecule has 0 aliphatic carbocycles. The Morgan fingerprint density at radius 3 is 2.31 bits per heavy atom. The van der Waals surface area contributed by atoms with Gasteiger partial charge in [0.1, 0.15) is 0 Å². The average molecular weight is 189 g/mol. The van der Waals surface area contributed by atoms with Crippen LogP contribution in [0, 0.1) is 5.92 Å². The second-order valence-electron chi connectivity index (χ2n) is 4.21. The molecule has 0 saturated heterocycles. The number of nitrogens with one attached hydrogen (secondary N) is 1. The van der Waals surface area contributed by atoms with Crippen LogP contribution in [-0.2, 0) is 0 Å². The van der Waals surface area contributed by atoms with Gasteiger partial charge in [0.2, 0.25) is 0 Å². The van der Waals surface area contributed by atoms with Gasteiger partial charge >= 0.3 is 0 Å². The van der Waals surface area contributed by atoms with Crippen molar-refractivity contribution in [3.63, 3.8) is 0 Å². The van der Waals surface area contributed by atoms with E-state index >= 15 is 0 Å². The predicted molar refractivity (Wildman–Crippen MR) is 54.6 cm³/mol. The Morgan fingerprint density at radius 2 is 1.92 bits per heavy atom. The molecule has 0 bridgehead atoms. The molecule has 3 unspecified atom stereocenters. The van der Waals surface area contributed by atoms with E-state index in [0.717, 1.165) is 6.42 Å². The Balaban J connectivity index is 3.75. The van der Waals surface area contributed by atoms with E-state index in [0.29, 0.717) is 18.5 Å². The van der Waals surface area contributed by atoms with Crippen LogP contribution in [0.25, 0.3) is 0 Å². The third-order valence-corrected chi connectivity index (χ3v) is 2.64. The molecule has 0 heterocycles. The van der Waals surface area contributed by atoms with Crippen LogP contribution < -0.4 is 5.32 Å². The van der Waals surface area contributed by atoms with Crippen molar-refractivity contribution in [1.82, 2.24) is 5.32 Å². The molecule has 3 heteroatoms. The summed E-state index contributed by atoms with van der Waals surface area (Å²) in [5.74, 6) is 0.592. The Kier molecular flexibility index (Phi) is 5.53. The van der Waals surface area contributed by atoms with Gasteiger partial charge in [-0.2, -0.15) is 0 Å². The molecule has 0 aromatic rings. The van der Waals surface area contributed by atoms with Crippen molar-refractivity contribution in [2.24, 2.45) is 5.92 Å². The largest absolute Gasteiger partial charge is 0.393 e. The molecule has 0 aliphatic heterocycles. The fourth-order valence-corrected chi connectivity index (χ4v) is 0.992. The molecule has 0 saturated carbocycles. The number of rotatable bonds is 6. The van der Waals surface area contributed by atoms with Gasteiger partial charge in [0.25, 0.3) is 0 Å². The minimum atomic E-state index is -0.998. The third-order valence-electron chi connectivity index (χ3n) is 2.64. The van der Waals surface area contributed by atoms with E-state index in [9.17, 15) is 5.11 Å². The molecule has 0 fully saturated rings. The first-order chi connectivity index (χ1) is 5.93. The highest BCUT2D eigenvalue weighted by atomic mass is 16.3. The lowest BCUT2D eigenvalue weighted by Crippen LogP contribution is -2.45. The van der Waals surface area contributed by atoms with Crippen molar-refractivity contribution >= 4 is 0 Å². The van der Waals surface area contributed by atoms with Crippen molar-refractivity contribution in [1.29, 1.82) is 0 Å². The summed E-state index contributed by atoms with van der Waals surface area (Å²) >= 11 is 0. The first-order valence-electron chi connectivity index (χ1n) is 4.99. The Bertz CT molecular complexity index is 137. The molecule has 3 nitrogen and oxygen atoms in total. The van der Waals surface area contributed by atoms with Gasteiger partial charge in [0.15, 0.2) is 0 Å². The first-order valence-corrected chi connectivity index (χ1v) is 4.99. The van der Waals surface area contributed by atoms with Crippen LogP contribution in [-0.4, -0.2) is 35.0 Å². The minimum absolute atomic E-state index is 0.201. The molecule has 0 rings (SSSR count). The molecule has 0 aromatic carbocycles. The van der Waals surface area contributed by atoms with Gasteiger partial charge in [0, 0.05) is 12.6 Å². The second kappa shape index (κ2) is 5.58. The summed E-state index contributed by atoms with van der Waals surface area (Å²) < 4.78 is 0. The minimum Gasteiger partial charge on any atom is -0.393 e. The highest BCUT2D eigenvalue weighted by Crippen LogP contribution is 2.08. The summed E-state index contributed by atoms with van der Waals surface area (Å²) in [5.41, 5.74) is -0.998. The van der Waals surface area contributed by atoms with Crippen molar-refractivity contribution in [2.45, 2.75) is 45.8 Å². The Morgan fingerprint density at radius 1 is 1.38 bits per heavy atom. The highest BCUT2D eigenvalue weighted by molar-refractivity contribution is 4.77. The summed E-state index contributed by atoms with van der Waals surface area (Å²) in [6.45, 7) is 8.28. The lowest BCUT2D eigenvalue weighted by Gasteiger charge is -2.26. The summed E-state index contributed by atoms with van der Waals surface area (Å²) in [5, 5.41) is 21.5.